The number of hydrogen-bond donors (Lipinski definition) is 0. The summed E-state index contributed by atoms with van der Waals surface area (Å²) in [7, 11) is 0. The Morgan fingerprint density at radius 2 is 0.773 bits per heavy atom. The Hall–Kier alpha value is -4.04. The van der Waals surface area contributed by atoms with Crippen LogP contribution in [0.1, 0.15) is 98.1 Å². The summed E-state index contributed by atoms with van der Waals surface area (Å²) in [6.07, 6.45) is 3.99. The van der Waals surface area contributed by atoms with Crippen LogP contribution < -0.4 is 0 Å². The van der Waals surface area contributed by atoms with Crippen LogP contribution in [-0.4, -0.2) is 9.97 Å². The summed E-state index contributed by atoms with van der Waals surface area (Å²) in [4.78, 5) is 11.4. The van der Waals surface area contributed by atoms with Gasteiger partial charge in [0, 0.05) is 22.0 Å². The molecule has 2 aliphatic carbocycles. The van der Waals surface area contributed by atoms with Crippen molar-refractivity contribution < 1.29 is 0 Å². The molecule has 7 rings (SSSR count). The van der Waals surface area contributed by atoms with Crippen LogP contribution in [0.2, 0.25) is 0 Å². The van der Waals surface area contributed by atoms with Crippen molar-refractivity contribution >= 4 is 0 Å². The first kappa shape index (κ1) is 28.7. The molecule has 0 atom stereocenters. The zero-order valence-electron chi connectivity index (χ0n) is 27.7. The van der Waals surface area contributed by atoms with E-state index in [1.165, 1.54) is 78.1 Å². The minimum absolute atomic E-state index is 0.148. The second kappa shape index (κ2) is 10.3. The van der Waals surface area contributed by atoms with Crippen LogP contribution in [0.15, 0.2) is 72.8 Å². The summed E-state index contributed by atoms with van der Waals surface area (Å²) in [5.74, 6) is 0. The third-order valence-electron chi connectivity index (χ3n) is 10.9. The topological polar surface area (TPSA) is 25.8 Å². The maximum atomic E-state index is 5.68. The van der Waals surface area contributed by atoms with E-state index in [1.54, 1.807) is 0 Å². The van der Waals surface area contributed by atoms with Crippen LogP contribution in [0.25, 0.3) is 44.8 Å². The number of aryl methyl sites for hydroxylation is 4. The van der Waals surface area contributed by atoms with Crippen LogP contribution in [0.4, 0.5) is 0 Å². The van der Waals surface area contributed by atoms with E-state index in [4.69, 9.17) is 9.97 Å². The highest BCUT2D eigenvalue weighted by atomic mass is 14.9. The number of aromatic nitrogens is 2. The van der Waals surface area contributed by atoms with Crippen molar-refractivity contribution in [1.82, 2.24) is 9.97 Å². The van der Waals surface area contributed by atoms with Gasteiger partial charge in [-0.1, -0.05) is 111 Å². The quantitative estimate of drug-likeness (QED) is 0.201. The fourth-order valence-corrected chi connectivity index (χ4v) is 8.60. The Bertz CT molecular complexity index is 1770. The van der Waals surface area contributed by atoms with Gasteiger partial charge in [0.25, 0.3) is 0 Å². The van der Waals surface area contributed by atoms with E-state index in [9.17, 15) is 0 Å². The highest BCUT2D eigenvalue weighted by molar-refractivity contribution is 5.86. The number of fused-ring (bicyclic) bond motifs is 6. The van der Waals surface area contributed by atoms with Crippen LogP contribution >= 0.6 is 0 Å². The second-order valence-corrected chi connectivity index (χ2v) is 13.5. The van der Waals surface area contributed by atoms with Gasteiger partial charge in [-0.05, 0) is 98.9 Å². The fraction of sp³-hybridized carbons (Fsp3) is 0.333. The summed E-state index contributed by atoms with van der Waals surface area (Å²) < 4.78 is 0. The van der Waals surface area contributed by atoms with Gasteiger partial charge in [-0.3, -0.25) is 0 Å². The highest BCUT2D eigenvalue weighted by Crippen LogP contribution is 2.57. The SMILES string of the molecule is CCC1(CC)c2cc(-c3cc(C)cc(C)c3)ccc2-c2nc3c(nc21)-c1ccc(-c2cc(C)cc(C)c2)cc1C3(CC)CC. The van der Waals surface area contributed by atoms with E-state index in [-0.39, 0.29) is 10.8 Å². The first-order valence-electron chi connectivity index (χ1n) is 16.6. The molecule has 0 fully saturated rings. The smallest absolute Gasteiger partial charge is 0.0934 e. The Labute approximate surface area is 263 Å². The van der Waals surface area contributed by atoms with E-state index in [1.807, 2.05) is 0 Å². The fourth-order valence-electron chi connectivity index (χ4n) is 8.60. The normalized spacial score (nSPS) is 15.1. The lowest BCUT2D eigenvalue weighted by Gasteiger charge is -2.30. The lowest BCUT2D eigenvalue weighted by molar-refractivity contribution is 0.466. The van der Waals surface area contributed by atoms with E-state index in [0.29, 0.717) is 0 Å². The minimum Gasteiger partial charge on any atom is -0.248 e. The van der Waals surface area contributed by atoms with Crippen molar-refractivity contribution in [3.05, 3.63) is 118 Å². The Balaban J connectivity index is 1.43. The molecule has 0 saturated heterocycles. The third kappa shape index (κ3) is 3.99. The average Bonchev–Trinajstić information content (AvgIpc) is 3.44. The predicted molar refractivity (Wildman–Crippen MR) is 185 cm³/mol. The summed E-state index contributed by atoms with van der Waals surface area (Å²) >= 11 is 0. The number of hydrogen-bond acceptors (Lipinski definition) is 2. The van der Waals surface area contributed by atoms with Gasteiger partial charge in [0.2, 0.25) is 0 Å². The molecule has 4 aromatic carbocycles. The molecule has 0 unspecified atom stereocenters. The van der Waals surface area contributed by atoms with Gasteiger partial charge >= 0.3 is 0 Å². The molecule has 0 bridgehead atoms. The van der Waals surface area contributed by atoms with Crippen LogP contribution in [0, 0.1) is 27.7 Å². The predicted octanol–water partition coefficient (Wildman–Crippen LogP) is 11.2. The lowest BCUT2D eigenvalue weighted by Crippen LogP contribution is -2.27. The van der Waals surface area contributed by atoms with E-state index in [2.05, 4.69) is 128 Å². The first-order valence-corrected chi connectivity index (χ1v) is 16.6. The molecule has 0 aliphatic heterocycles. The molecule has 5 aromatic rings. The molecule has 2 aliphatic rings. The standard InChI is InChI=1S/C42H44N2/c1-9-41(10-2)35-23-29(31-19-25(5)17-26(6)20-31)13-15-33(35)37-39(41)43-38-34-16-14-30(32-21-27(7)18-28(8)22-32)24-36(34)42(11-3,12-4)40(38)44-37/h13-24H,9-12H2,1-8H3. The Kier molecular flexibility index (Phi) is 6.70. The molecular weight excluding hydrogens is 532 g/mol. The van der Waals surface area contributed by atoms with Gasteiger partial charge < -0.3 is 0 Å². The van der Waals surface area contributed by atoms with Crippen LogP contribution in [0.5, 0.6) is 0 Å². The number of rotatable bonds is 6. The summed E-state index contributed by atoms with van der Waals surface area (Å²) in [5.41, 5.74) is 19.9. The largest absolute Gasteiger partial charge is 0.248 e. The van der Waals surface area contributed by atoms with Crippen molar-refractivity contribution in [2.24, 2.45) is 0 Å². The molecule has 1 aromatic heterocycles. The summed E-state index contributed by atoms with van der Waals surface area (Å²) in [6, 6.07) is 27.9. The van der Waals surface area contributed by atoms with Gasteiger partial charge in [0.15, 0.2) is 0 Å². The van der Waals surface area contributed by atoms with Crippen molar-refractivity contribution in [1.29, 1.82) is 0 Å². The molecule has 0 radical (unpaired) electrons. The van der Waals surface area contributed by atoms with Crippen LogP contribution in [0.3, 0.4) is 0 Å². The zero-order chi connectivity index (χ0) is 31.0. The number of nitrogens with zero attached hydrogens (tertiary/aromatic N) is 2. The van der Waals surface area contributed by atoms with Gasteiger partial charge in [-0.15, -0.1) is 0 Å². The number of benzene rings is 4. The van der Waals surface area contributed by atoms with Gasteiger partial charge in [-0.2, -0.15) is 0 Å². The molecule has 0 amide bonds. The third-order valence-corrected chi connectivity index (χ3v) is 10.9. The van der Waals surface area contributed by atoms with E-state index < -0.39 is 0 Å². The lowest BCUT2D eigenvalue weighted by atomic mass is 9.75. The van der Waals surface area contributed by atoms with E-state index in [0.717, 1.165) is 37.1 Å². The summed E-state index contributed by atoms with van der Waals surface area (Å²) in [5, 5.41) is 0. The van der Waals surface area contributed by atoms with Gasteiger partial charge in [0.05, 0.1) is 22.8 Å². The average molecular weight is 577 g/mol. The molecule has 0 spiro atoms. The van der Waals surface area contributed by atoms with Gasteiger partial charge in [-0.25, -0.2) is 9.97 Å². The molecule has 222 valence electrons. The van der Waals surface area contributed by atoms with Crippen molar-refractivity contribution in [2.45, 2.75) is 91.9 Å². The monoisotopic (exact) mass is 576 g/mol. The molecule has 2 heteroatoms. The molecule has 44 heavy (non-hydrogen) atoms. The molecule has 2 nitrogen and oxygen atoms in total. The molecule has 0 saturated carbocycles. The molecule has 1 heterocycles. The van der Waals surface area contributed by atoms with Crippen molar-refractivity contribution in [3.8, 4) is 44.8 Å². The molecule has 0 N–H and O–H groups in total. The first-order chi connectivity index (χ1) is 21.2. The Morgan fingerprint density at radius 1 is 0.432 bits per heavy atom. The van der Waals surface area contributed by atoms with Crippen LogP contribution in [-0.2, 0) is 10.8 Å². The maximum absolute atomic E-state index is 5.68. The minimum atomic E-state index is -0.148. The second-order valence-electron chi connectivity index (χ2n) is 13.5. The summed E-state index contributed by atoms with van der Waals surface area (Å²) in [6.45, 7) is 18.1. The maximum Gasteiger partial charge on any atom is 0.0934 e. The Morgan fingerprint density at radius 3 is 1.09 bits per heavy atom. The van der Waals surface area contributed by atoms with Gasteiger partial charge in [0.1, 0.15) is 0 Å². The highest BCUT2D eigenvalue weighted by Gasteiger charge is 2.49. The zero-order valence-corrected chi connectivity index (χ0v) is 27.7. The van der Waals surface area contributed by atoms with E-state index >= 15 is 0 Å². The van der Waals surface area contributed by atoms with Crippen molar-refractivity contribution in [2.75, 3.05) is 0 Å². The van der Waals surface area contributed by atoms with Crippen molar-refractivity contribution in [3.63, 3.8) is 0 Å². The molecular formula is C42H44N2.